The van der Waals surface area contributed by atoms with E-state index in [1.807, 2.05) is 0 Å². The zero-order valence-electron chi connectivity index (χ0n) is 8.52. The van der Waals surface area contributed by atoms with E-state index in [-0.39, 0.29) is 18.8 Å². The standard InChI is InChI=1S/C8H6Cl6O4/c1-4(2-17-5(15)7(9,10)11)3-18-6(16)8(12,13)14/h1-3H2. The second-order valence-electron chi connectivity index (χ2n) is 2.90. The summed E-state index contributed by atoms with van der Waals surface area (Å²) in [5.74, 6) is -2.16. The first-order chi connectivity index (χ1) is 7.94. The van der Waals surface area contributed by atoms with Gasteiger partial charge in [0.25, 0.3) is 7.59 Å². The van der Waals surface area contributed by atoms with Crippen molar-refractivity contribution in [3.63, 3.8) is 0 Å². The van der Waals surface area contributed by atoms with Gasteiger partial charge in [-0.15, -0.1) is 0 Å². The van der Waals surface area contributed by atoms with Crippen LogP contribution in [-0.2, 0) is 19.1 Å². The second-order valence-corrected chi connectivity index (χ2v) is 7.46. The summed E-state index contributed by atoms with van der Waals surface area (Å²) in [5, 5.41) is 0. The first-order valence-electron chi connectivity index (χ1n) is 4.09. The van der Waals surface area contributed by atoms with E-state index in [0.29, 0.717) is 0 Å². The fourth-order valence-corrected chi connectivity index (χ4v) is 0.868. The summed E-state index contributed by atoms with van der Waals surface area (Å²) in [6, 6.07) is 0. The number of halogens is 6. The van der Waals surface area contributed by atoms with Crippen LogP contribution in [0.3, 0.4) is 0 Å². The van der Waals surface area contributed by atoms with Gasteiger partial charge in [0.05, 0.1) is 0 Å². The number of ether oxygens (including phenoxy) is 2. The molecular weight excluding hydrogens is 373 g/mol. The minimum absolute atomic E-state index is 0.209. The largest absolute Gasteiger partial charge is 0.458 e. The number of carbonyl (C=O) groups excluding carboxylic acids is 2. The van der Waals surface area contributed by atoms with Crippen LogP contribution in [-0.4, -0.2) is 32.7 Å². The number of rotatable bonds is 4. The van der Waals surface area contributed by atoms with Crippen molar-refractivity contribution in [2.45, 2.75) is 7.59 Å². The Balaban J connectivity index is 4.01. The van der Waals surface area contributed by atoms with E-state index in [4.69, 9.17) is 69.6 Å². The van der Waals surface area contributed by atoms with Gasteiger partial charge < -0.3 is 9.47 Å². The molecule has 0 saturated heterocycles. The van der Waals surface area contributed by atoms with Gasteiger partial charge in [-0.3, -0.25) is 0 Å². The molecule has 0 aromatic rings. The van der Waals surface area contributed by atoms with Crippen LogP contribution in [0.2, 0.25) is 0 Å². The Morgan fingerprint density at radius 1 is 0.833 bits per heavy atom. The number of carbonyl (C=O) groups is 2. The molecule has 0 heterocycles. The van der Waals surface area contributed by atoms with Gasteiger partial charge in [-0.2, -0.15) is 0 Å². The van der Waals surface area contributed by atoms with Crippen molar-refractivity contribution >= 4 is 81.5 Å². The van der Waals surface area contributed by atoms with Crippen molar-refractivity contribution in [1.82, 2.24) is 0 Å². The minimum Gasteiger partial charge on any atom is -0.458 e. The number of hydrogen-bond acceptors (Lipinski definition) is 4. The fourth-order valence-electron chi connectivity index (χ4n) is 0.541. The highest BCUT2D eigenvalue weighted by atomic mass is 35.6. The van der Waals surface area contributed by atoms with Crippen LogP contribution >= 0.6 is 69.6 Å². The average molecular weight is 379 g/mol. The molecule has 0 aliphatic heterocycles. The molecule has 0 bridgehead atoms. The Morgan fingerprint density at radius 3 is 1.33 bits per heavy atom. The topological polar surface area (TPSA) is 52.6 Å². The average Bonchev–Trinajstić information content (AvgIpc) is 2.19. The van der Waals surface area contributed by atoms with E-state index >= 15 is 0 Å². The fraction of sp³-hybridized carbons (Fsp3) is 0.500. The van der Waals surface area contributed by atoms with Crippen LogP contribution in [0, 0.1) is 0 Å². The summed E-state index contributed by atoms with van der Waals surface area (Å²) in [4.78, 5) is 22.1. The Morgan fingerprint density at radius 2 is 1.11 bits per heavy atom. The number of esters is 2. The van der Waals surface area contributed by atoms with Crippen LogP contribution < -0.4 is 0 Å². The number of alkyl halides is 6. The minimum atomic E-state index is -2.19. The lowest BCUT2D eigenvalue weighted by Crippen LogP contribution is -2.25. The maximum atomic E-state index is 11.0. The normalized spacial score (nSPS) is 11.9. The molecule has 104 valence electrons. The summed E-state index contributed by atoms with van der Waals surface area (Å²) in [7, 11) is 0. The highest BCUT2D eigenvalue weighted by molar-refractivity contribution is 6.76. The lowest BCUT2D eigenvalue weighted by molar-refractivity contribution is -0.142. The molecule has 0 amide bonds. The molecule has 18 heavy (non-hydrogen) atoms. The van der Waals surface area contributed by atoms with Crippen LogP contribution in [0.15, 0.2) is 12.2 Å². The molecule has 0 unspecified atom stereocenters. The van der Waals surface area contributed by atoms with Gasteiger partial charge in [0.15, 0.2) is 0 Å². The van der Waals surface area contributed by atoms with Gasteiger partial charge in [-0.1, -0.05) is 76.2 Å². The van der Waals surface area contributed by atoms with Gasteiger partial charge >= 0.3 is 11.9 Å². The molecule has 0 atom stereocenters. The summed E-state index contributed by atoms with van der Waals surface area (Å²) in [5.41, 5.74) is 0.209. The van der Waals surface area contributed by atoms with E-state index in [0.717, 1.165) is 0 Å². The molecule has 0 aliphatic carbocycles. The number of hydrogen-bond donors (Lipinski definition) is 0. The van der Waals surface area contributed by atoms with Crippen LogP contribution in [0.5, 0.6) is 0 Å². The summed E-state index contributed by atoms with van der Waals surface area (Å²) < 4.78 is 4.75. The predicted molar refractivity (Wildman–Crippen MR) is 71.6 cm³/mol. The second kappa shape index (κ2) is 7.27. The summed E-state index contributed by atoms with van der Waals surface area (Å²) in [6.07, 6.45) is 0. The third-order valence-electron chi connectivity index (χ3n) is 1.28. The molecule has 0 aromatic carbocycles. The molecule has 4 nitrogen and oxygen atoms in total. The zero-order chi connectivity index (χ0) is 14.6. The molecular formula is C8H6Cl6O4. The van der Waals surface area contributed by atoms with Crippen molar-refractivity contribution < 1.29 is 19.1 Å². The smallest absolute Gasteiger partial charge is 0.358 e. The van der Waals surface area contributed by atoms with E-state index in [2.05, 4.69) is 16.1 Å². The van der Waals surface area contributed by atoms with Crippen molar-refractivity contribution in [1.29, 1.82) is 0 Å². The summed E-state index contributed by atoms with van der Waals surface area (Å²) >= 11 is 31.5. The van der Waals surface area contributed by atoms with E-state index < -0.39 is 19.5 Å². The molecule has 0 fully saturated rings. The van der Waals surface area contributed by atoms with Gasteiger partial charge in [0.2, 0.25) is 0 Å². The molecule has 10 heteroatoms. The Labute approximate surface area is 133 Å². The van der Waals surface area contributed by atoms with Crippen LogP contribution in [0.25, 0.3) is 0 Å². The third-order valence-corrected chi connectivity index (χ3v) is 2.20. The van der Waals surface area contributed by atoms with Gasteiger partial charge in [-0.25, -0.2) is 9.59 Å². The molecule has 0 N–H and O–H groups in total. The van der Waals surface area contributed by atoms with Crippen LogP contribution in [0.1, 0.15) is 0 Å². The summed E-state index contributed by atoms with van der Waals surface area (Å²) in [6.45, 7) is 2.84. The lowest BCUT2D eigenvalue weighted by atomic mass is 10.3. The first kappa shape index (κ1) is 18.4. The highest BCUT2D eigenvalue weighted by Gasteiger charge is 2.34. The van der Waals surface area contributed by atoms with E-state index in [1.165, 1.54) is 0 Å². The van der Waals surface area contributed by atoms with Crippen molar-refractivity contribution in [3.05, 3.63) is 12.2 Å². The van der Waals surface area contributed by atoms with Gasteiger partial charge in [0.1, 0.15) is 13.2 Å². The van der Waals surface area contributed by atoms with Gasteiger partial charge in [0, 0.05) is 0 Å². The monoisotopic (exact) mass is 376 g/mol. The molecule has 0 aromatic heterocycles. The van der Waals surface area contributed by atoms with E-state index in [9.17, 15) is 9.59 Å². The SMILES string of the molecule is C=C(COC(=O)C(Cl)(Cl)Cl)COC(=O)C(Cl)(Cl)Cl. The maximum absolute atomic E-state index is 11.0. The first-order valence-corrected chi connectivity index (χ1v) is 6.36. The third kappa shape index (κ3) is 7.77. The molecule has 0 rings (SSSR count). The van der Waals surface area contributed by atoms with Gasteiger partial charge in [-0.05, 0) is 5.57 Å². The molecule has 0 spiro atoms. The molecule has 0 aliphatic rings. The quantitative estimate of drug-likeness (QED) is 0.427. The van der Waals surface area contributed by atoms with E-state index in [1.54, 1.807) is 0 Å². The van der Waals surface area contributed by atoms with Crippen LogP contribution in [0.4, 0.5) is 0 Å². The predicted octanol–water partition coefficient (Wildman–Crippen LogP) is 3.37. The van der Waals surface area contributed by atoms with Crippen molar-refractivity contribution in [2.24, 2.45) is 0 Å². The molecule has 0 saturated carbocycles. The highest BCUT2D eigenvalue weighted by Crippen LogP contribution is 2.28. The van der Waals surface area contributed by atoms with Crippen molar-refractivity contribution in [3.8, 4) is 0 Å². The maximum Gasteiger partial charge on any atom is 0.358 e. The Hall–Kier alpha value is 0.420. The van der Waals surface area contributed by atoms with Crippen molar-refractivity contribution in [2.75, 3.05) is 13.2 Å². The molecule has 0 radical (unpaired) electrons. The Bertz CT molecular complexity index is 310. The zero-order valence-corrected chi connectivity index (χ0v) is 13.1. The lowest BCUT2D eigenvalue weighted by Gasteiger charge is -2.13. The Kier molecular flexibility index (Phi) is 7.44.